The largest absolute Gasteiger partial charge is 0.316 e. The lowest BCUT2D eigenvalue weighted by atomic mass is 10.4. The maximum atomic E-state index is 12.5. The Labute approximate surface area is 120 Å². The van der Waals surface area contributed by atoms with Gasteiger partial charge in [-0.15, -0.1) is 0 Å². The molecule has 0 atom stereocenters. The Hall–Kier alpha value is -0.960. The summed E-state index contributed by atoms with van der Waals surface area (Å²) >= 11 is 0. The smallest absolute Gasteiger partial charge is 0.260 e. The molecule has 0 amide bonds. The zero-order chi connectivity index (χ0) is 14.6. The van der Waals surface area contributed by atoms with Gasteiger partial charge >= 0.3 is 0 Å². The summed E-state index contributed by atoms with van der Waals surface area (Å²) in [6.45, 7) is 3.91. The molecule has 2 heterocycles. The van der Waals surface area contributed by atoms with Gasteiger partial charge in [0.1, 0.15) is 0 Å². The number of nitrogens with zero attached hydrogens (tertiary/aromatic N) is 3. The Morgan fingerprint density at radius 3 is 2.80 bits per heavy atom. The third-order valence-corrected chi connectivity index (χ3v) is 5.52. The molecule has 8 heteroatoms. The standard InChI is InChI=1S/C12H23N5O2S/c1-13-9-11-10-14-15-12(11)20(18,19)16(2)7-8-17-5-3-4-6-17/h10,13H,3-9H2,1-2H3,(H,14,15). The summed E-state index contributed by atoms with van der Waals surface area (Å²) in [6.07, 6.45) is 3.98. The van der Waals surface area contributed by atoms with Gasteiger partial charge in [0.05, 0.1) is 6.20 Å². The van der Waals surface area contributed by atoms with Gasteiger partial charge in [0.2, 0.25) is 0 Å². The highest BCUT2D eigenvalue weighted by Gasteiger charge is 2.26. The maximum Gasteiger partial charge on any atom is 0.260 e. The van der Waals surface area contributed by atoms with E-state index in [2.05, 4.69) is 20.4 Å². The van der Waals surface area contributed by atoms with Crippen LogP contribution >= 0.6 is 0 Å². The molecule has 0 bridgehead atoms. The monoisotopic (exact) mass is 301 g/mol. The van der Waals surface area contributed by atoms with Crippen molar-refractivity contribution in [2.75, 3.05) is 40.3 Å². The first-order chi connectivity index (χ1) is 9.55. The van der Waals surface area contributed by atoms with Crippen molar-refractivity contribution in [2.24, 2.45) is 0 Å². The zero-order valence-electron chi connectivity index (χ0n) is 12.1. The molecule has 2 N–H and O–H groups in total. The lowest BCUT2D eigenvalue weighted by Crippen LogP contribution is -2.35. The second-order valence-electron chi connectivity index (χ2n) is 5.13. The van der Waals surface area contributed by atoms with Crippen LogP contribution in [0.25, 0.3) is 0 Å². The number of hydrogen-bond donors (Lipinski definition) is 2. The summed E-state index contributed by atoms with van der Waals surface area (Å²) in [4.78, 5) is 2.30. The van der Waals surface area contributed by atoms with E-state index in [0.29, 0.717) is 18.7 Å². The molecule has 1 fully saturated rings. The minimum absolute atomic E-state index is 0.191. The van der Waals surface area contributed by atoms with E-state index in [1.165, 1.54) is 17.1 Å². The first-order valence-electron chi connectivity index (χ1n) is 6.91. The van der Waals surface area contributed by atoms with Gasteiger partial charge < -0.3 is 10.2 Å². The molecule has 1 aliphatic heterocycles. The third kappa shape index (κ3) is 3.38. The van der Waals surface area contributed by atoms with Gasteiger partial charge in [0.15, 0.2) is 5.03 Å². The molecule has 0 spiro atoms. The number of hydrogen-bond acceptors (Lipinski definition) is 5. The Bertz CT molecular complexity index is 522. The van der Waals surface area contributed by atoms with Crippen LogP contribution in [0.5, 0.6) is 0 Å². The summed E-state index contributed by atoms with van der Waals surface area (Å²) in [5.74, 6) is 0. The Kier molecular flexibility index (Phi) is 5.14. The molecule has 2 rings (SSSR count). The fraction of sp³-hybridized carbons (Fsp3) is 0.750. The average Bonchev–Trinajstić information content (AvgIpc) is 3.07. The van der Waals surface area contributed by atoms with E-state index in [4.69, 9.17) is 0 Å². The quantitative estimate of drug-likeness (QED) is 0.732. The molecule has 1 aromatic heterocycles. The van der Waals surface area contributed by atoms with E-state index < -0.39 is 10.0 Å². The molecular weight excluding hydrogens is 278 g/mol. The lowest BCUT2D eigenvalue weighted by Gasteiger charge is -2.21. The van der Waals surface area contributed by atoms with E-state index in [0.717, 1.165) is 19.6 Å². The predicted octanol–water partition coefficient (Wildman–Crippen LogP) is -0.155. The second-order valence-corrected chi connectivity index (χ2v) is 7.11. The number of likely N-dealkylation sites (N-methyl/N-ethyl adjacent to an activating group) is 1. The van der Waals surface area contributed by atoms with Crippen molar-refractivity contribution in [1.29, 1.82) is 0 Å². The van der Waals surface area contributed by atoms with E-state index in [1.807, 2.05) is 0 Å². The molecule has 114 valence electrons. The molecule has 1 aromatic rings. The van der Waals surface area contributed by atoms with Gasteiger partial charge in [-0.05, 0) is 33.0 Å². The number of rotatable bonds is 7. The SMILES string of the molecule is CNCc1cn[nH]c1S(=O)(=O)N(C)CCN1CCCC1. The highest BCUT2D eigenvalue weighted by molar-refractivity contribution is 7.89. The lowest BCUT2D eigenvalue weighted by molar-refractivity contribution is 0.309. The molecule has 0 aromatic carbocycles. The van der Waals surface area contributed by atoms with Crippen molar-refractivity contribution in [3.8, 4) is 0 Å². The number of likely N-dealkylation sites (tertiary alicyclic amines) is 1. The predicted molar refractivity (Wildman–Crippen MR) is 76.8 cm³/mol. The number of sulfonamides is 1. The van der Waals surface area contributed by atoms with Crippen LogP contribution in [-0.2, 0) is 16.6 Å². The highest BCUT2D eigenvalue weighted by atomic mass is 32.2. The van der Waals surface area contributed by atoms with Crippen molar-refractivity contribution in [3.63, 3.8) is 0 Å². The molecule has 0 saturated carbocycles. The first kappa shape index (κ1) is 15.4. The topological polar surface area (TPSA) is 81.3 Å². The fourth-order valence-electron chi connectivity index (χ4n) is 2.40. The van der Waals surface area contributed by atoms with Crippen LogP contribution in [0.1, 0.15) is 18.4 Å². The Morgan fingerprint density at radius 1 is 1.45 bits per heavy atom. The molecule has 1 aliphatic rings. The normalized spacial score (nSPS) is 17.1. The Morgan fingerprint density at radius 2 is 2.15 bits per heavy atom. The molecule has 0 radical (unpaired) electrons. The van der Waals surface area contributed by atoms with Crippen LogP contribution in [0.2, 0.25) is 0 Å². The second kappa shape index (κ2) is 6.66. The summed E-state index contributed by atoms with van der Waals surface area (Å²) < 4.78 is 26.4. The van der Waals surface area contributed by atoms with Gasteiger partial charge in [-0.25, -0.2) is 8.42 Å². The van der Waals surface area contributed by atoms with E-state index in [-0.39, 0.29) is 5.03 Å². The molecule has 0 unspecified atom stereocenters. The third-order valence-electron chi connectivity index (χ3n) is 3.64. The Balaban J connectivity index is 2.02. The summed E-state index contributed by atoms with van der Waals surface area (Å²) in [7, 11) is -0.0929. The number of H-pyrrole nitrogens is 1. The van der Waals surface area contributed by atoms with E-state index >= 15 is 0 Å². The van der Waals surface area contributed by atoms with E-state index in [9.17, 15) is 8.42 Å². The minimum Gasteiger partial charge on any atom is -0.316 e. The first-order valence-corrected chi connectivity index (χ1v) is 8.35. The number of nitrogens with one attached hydrogen (secondary N) is 2. The minimum atomic E-state index is -3.49. The van der Waals surface area contributed by atoms with Crippen LogP contribution in [0.4, 0.5) is 0 Å². The van der Waals surface area contributed by atoms with E-state index in [1.54, 1.807) is 20.3 Å². The number of aromatic nitrogens is 2. The van der Waals surface area contributed by atoms with Crippen LogP contribution in [0.3, 0.4) is 0 Å². The highest BCUT2D eigenvalue weighted by Crippen LogP contribution is 2.16. The molecule has 7 nitrogen and oxygen atoms in total. The van der Waals surface area contributed by atoms with Crippen molar-refractivity contribution < 1.29 is 8.42 Å². The fourth-order valence-corrected chi connectivity index (χ4v) is 3.66. The van der Waals surface area contributed by atoms with Crippen LogP contribution in [-0.4, -0.2) is 68.1 Å². The van der Waals surface area contributed by atoms with Crippen molar-refractivity contribution in [1.82, 2.24) is 24.7 Å². The maximum absolute atomic E-state index is 12.5. The summed E-state index contributed by atoms with van der Waals surface area (Å²) in [5.41, 5.74) is 0.667. The zero-order valence-corrected chi connectivity index (χ0v) is 12.9. The summed E-state index contributed by atoms with van der Waals surface area (Å²) in [5, 5.41) is 9.59. The van der Waals surface area contributed by atoms with Crippen molar-refractivity contribution in [2.45, 2.75) is 24.4 Å². The number of aromatic amines is 1. The van der Waals surface area contributed by atoms with Gasteiger partial charge in [-0.3, -0.25) is 5.10 Å². The van der Waals surface area contributed by atoms with Crippen LogP contribution in [0.15, 0.2) is 11.2 Å². The van der Waals surface area contributed by atoms with Gasteiger partial charge in [0, 0.05) is 32.2 Å². The van der Waals surface area contributed by atoms with Gasteiger partial charge in [-0.2, -0.15) is 9.40 Å². The van der Waals surface area contributed by atoms with Crippen molar-refractivity contribution >= 4 is 10.0 Å². The molecule has 20 heavy (non-hydrogen) atoms. The van der Waals surface area contributed by atoms with Crippen molar-refractivity contribution in [3.05, 3.63) is 11.8 Å². The van der Waals surface area contributed by atoms with Gasteiger partial charge in [0.25, 0.3) is 10.0 Å². The summed E-state index contributed by atoms with van der Waals surface area (Å²) in [6, 6.07) is 0. The van der Waals surface area contributed by atoms with Crippen LogP contribution in [0, 0.1) is 0 Å². The average molecular weight is 301 g/mol. The molecule has 0 aliphatic carbocycles. The molecule has 1 saturated heterocycles. The molecular formula is C12H23N5O2S. The van der Waals surface area contributed by atoms with Gasteiger partial charge in [-0.1, -0.05) is 0 Å². The van der Waals surface area contributed by atoms with Crippen LogP contribution < -0.4 is 5.32 Å².